The van der Waals surface area contributed by atoms with E-state index in [0.717, 1.165) is 31.0 Å². The van der Waals surface area contributed by atoms with E-state index in [-0.39, 0.29) is 29.6 Å². The summed E-state index contributed by atoms with van der Waals surface area (Å²) in [7, 11) is 2.84. The van der Waals surface area contributed by atoms with Gasteiger partial charge in [-0.2, -0.15) is 0 Å². The number of carbonyl (C=O) groups excluding carboxylic acids is 1. The maximum absolute atomic E-state index is 11.8. The first-order valence-electron chi connectivity index (χ1n) is 7.64. The van der Waals surface area contributed by atoms with Crippen molar-refractivity contribution in [1.29, 1.82) is 0 Å². The Hall–Kier alpha value is -1.83. The first-order valence-corrected chi connectivity index (χ1v) is 8.76. The fraction of sp³-hybridized carbons (Fsp3) is 0.562. The predicted molar refractivity (Wildman–Crippen MR) is 92.9 cm³/mol. The second-order valence-electron chi connectivity index (χ2n) is 5.11. The molecule has 0 aliphatic rings. The molecule has 0 aliphatic carbocycles. The van der Waals surface area contributed by atoms with Crippen LogP contribution >= 0.6 is 15.9 Å². The van der Waals surface area contributed by atoms with Gasteiger partial charge in [0.1, 0.15) is 6.61 Å². The van der Waals surface area contributed by atoms with Crippen LogP contribution in [0.5, 0.6) is 11.5 Å². The van der Waals surface area contributed by atoms with E-state index < -0.39 is 4.92 Å². The van der Waals surface area contributed by atoms with Gasteiger partial charge in [0.05, 0.1) is 30.8 Å². The molecule has 0 N–H and O–H groups in total. The number of nitro groups is 1. The topological polar surface area (TPSA) is 87.9 Å². The third-order valence-electron chi connectivity index (χ3n) is 3.43. The number of halogens is 1. The Labute approximate surface area is 149 Å². The van der Waals surface area contributed by atoms with Gasteiger partial charge in [0.15, 0.2) is 11.5 Å². The number of esters is 1. The van der Waals surface area contributed by atoms with E-state index in [1.54, 1.807) is 0 Å². The molecule has 8 heteroatoms. The number of nitrogens with zero attached hydrogens (tertiary/aromatic N) is 1. The maximum Gasteiger partial charge on any atom is 0.306 e. The van der Waals surface area contributed by atoms with Crippen molar-refractivity contribution >= 4 is 27.6 Å². The van der Waals surface area contributed by atoms with E-state index in [9.17, 15) is 14.9 Å². The number of hydrogen-bond acceptors (Lipinski definition) is 6. The number of hydrogen-bond donors (Lipinski definition) is 0. The van der Waals surface area contributed by atoms with Gasteiger partial charge < -0.3 is 14.2 Å². The molecule has 0 unspecified atom stereocenters. The largest absolute Gasteiger partial charge is 0.493 e. The number of unbranched alkanes of at least 4 members (excludes halogenated alkanes) is 3. The van der Waals surface area contributed by atoms with Crippen molar-refractivity contribution in [3.63, 3.8) is 0 Å². The van der Waals surface area contributed by atoms with Crippen LogP contribution in [-0.2, 0) is 16.1 Å². The van der Waals surface area contributed by atoms with Crippen molar-refractivity contribution in [2.24, 2.45) is 0 Å². The molecule has 1 rings (SSSR count). The molecule has 0 radical (unpaired) electrons. The third kappa shape index (κ3) is 6.35. The summed E-state index contributed by atoms with van der Waals surface area (Å²) in [4.78, 5) is 22.4. The number of carbonyl (C=O) groups is 1. The summed E-state index contributed by atoms with van der Waals surface area (Å²) in [6, 6.07) is 2.72. The number of alkyl halides is 1. The number of benzene rings is 1. The lowest BCUT2D eigenvalue weighted by Crippen LogP contribution is -2.07. The van der Waals surface area contributed by atoms with Gasteiger partial charge in [0.25, 0.3) is 5.69 Å². The highest BCUT2D eigenvalue weighted by Crippen LogP contribution is 2.34. The molecule has 1 aromatic rings. The molecule has 24 heavy (non-hydrogen) atoms. The van der Waals surface area contributed by atoms with Crippen molar-refractivity contribution in [1.82, 2.24) is 0 Å². The molecule has 0 aliphatic heterocycles. The van der Waals surface area contributed by atoms with Crippen LogP contribution in [0.3, 0.4) is 0 Å². The van der Waals surface area contributed by atoms with Gasteiger partial charge in [0, 0.05) is 11.8 Å². The van der Waals surface area contributed by atoms with E-state index in [1.165, 1.54) is 26.4 Å². The second kappa shape index (κ2) is 10.9. The summed E-state index contributed by atoms with van der Waals surface area (Å²) >= 11 is 3.36. The van der Waals surface area contributed by atoms with Gasteiger partial charge in [-0.3, -0.25) is 14.9 Å². The lowest BCUT2D eigenvalue weighted by molar-refractivity contribution is -0.385. The molecule has 0 aromatic heterocycles. The molecule has 0 saturated heterocycles. The Balaban J connectivity index is 2.66. The Morgan fingerprint density at radius 2 is 1.75 bits per heavy atom. The first kappa shape index (κ1) is 20.2. The van der Waals surface area contributed by atoms with Gasteiger partial charge in [-0.05, 0) is 18.9 Å². The molecule has 0 atom stereocenters. The quantitative estimate of drug-likeness (QED) is 0.182. The summed E-state index contributed by atoms with van der Waals surface area (Å²) in [5.74, 6) is 0.243. The Kier molecular flexibility index (Phi) is 9.14. The van der Waals surface area contributed by atoms with Gasteiger partial charge in [-0.1, -0.05) is 28.8 Å². The zero-order chi connectivity index (χ0) is 17.9. The average molecular weight is 404 g/mol. The number of ether oxygens (including phenoxy) is 3. The lowest BCUT2D eigenvalue weighted by atomic mass is 10.1. The average Bonchev–Trinajstić information content (AvgIpc) is 2.58. The van der Waals surface area contributed by atoms with E-state index in [4.69, 9.17) is 14.2 Å². The van der Waals surface area contributed by atoms with Crippen LogP contribution in [0.2, 0.25) is 0 Å². The molecule has 0 fully saturated rings. The van der Waals surface area contributed by atoms with Gasteiger partial charge >= 0.3 is 5.97 Å². The van der Waals surface area contributed by atoms with Crippen LogP contribution in [0.15, 0.2) is 12.1 Å². The highest BCUT2D eigenvalue weighted by atomic mass is 79.9. The minimum atomic E-state index is -0.536. The number of rotatable bonds is 11. The van der Waals surface area contributed by atoms with Gasteiger partial charge in [-0.25, -0.2) is 0 Å². The standard InChI is InChI=1S/C16H22BrNO6/c1-22-14-9-12(13(18(20)21)10-15(14)23-2)11-24-16(19)7-5-3-4-6-8-17/h9-10H,3-8,11H2,1-2H3. The Bertz CT molecular complexity index is 564. The minimum Gasteiger partial charge on any atom is -0.493 e. The molecular weight excluding hydrogens is 382 g/mol. The molecule has 0 heterocycles. The fourth-order valence-electron chi connectivity index (χ4n) is 2.14. The van der Waals surface area contributed by atoms with E-state index in [0.29, 0.717) is 12.2 Å². The molecule has 7 nitrogen and oxygen atoms in total. The monoisotopic (exact) mass is 403 g/mol. The zero-order valence-corrected chi connectivity index (χ0v) is 15.5. The molecule has 134 valence electrons. The minimum absolute atomic E-state index is 0.169. The van der Waals surface area contributed by atoms with Crippen molar-refractivity contribution < 1.29 is 23.9 Å². The van der Waals surface area contributed by atoms with Gasteiger partial charge in [-0.15, -0.1) is 0 Å². The van der Waals surface area contributed by atoms with Crippen LogP contribution < -0.4 is 9.47 Å². The molecular formula is C16H22BrNO6. The molecule has 0 bridgehead atoms. The summed E-state index contributed by atoms with van der Waals surface area (Å²) in [5.41, 5.74) is 0.100. The van der Waals surface area contributed by atoms with Crippen LogP contribution in [0.4, 0.5) is 5.69 Å². The predicted octanol–water partition coefficient (Wildman–Crippen LogP) is 4.00. The maximum atomic E-state index is 11.8. The molecule has 0 saturated carbocycles. The summed E-state index contributed by atoms with van der Waals surface area (Å²) < 4.78 is 15.3. The van der Waals surface area contributed by atoms with Gasteiger partial charge in [0.2, 0.25) is 0 Å². The third-order valence-corrected chi connectivity index (χ3v) is 4.00. The van der Waals surface area contributed by atoms with Crippen LogP contribution in [0, 0.1) is 10.1 Å². The fourth-order valence-corrected chi connectivity index (χ4v) is 2.54. The zero-order valence-electron chi connectivity index (χ0n) is 13.9. The highest BCUT2D eigenvalue weighted by molar-refractivity contribution is 9.09. The van der Waals surface area contributed by atoms with E-state index >= 15 is 0 Å². The van der Waals surface area contributed by atoms with Crippen LogP contribution in [0.25, 0.3) is 0 Å². The summed E-state index contributed by atoms with van der Waals surface area (Å²) in [5, 5.41) is 12.1. The van der Waals surface area contributed by atoms with Crippen molar-refractivity contribution in [3.05, 3.63) is 27.8 Å². The van der Waals surface area contributed by atoms with Crippen molar-refractivity contribution in [3.8, 4) is 11.5 Å². The second-order valence-corrected chi connectivity index (χ2v) is 5.90. The molecule has 1 aromatic carbocycles. The summed E-state index contributed by atoms with van der Waals surface area (Å²) in [6.45, 7) is -0.170. The number of nitro benzene ring substituents is 1. The Morgan fingerprint density at radius 3 is 2.33 bits per heavy atom. The number of methoxy groups -OCH3 is 2. The smallest absolute Gasteiger partial charge is 0.306 e. The van der Waals surface area contributed by atoms with Crippen molar-refractivity contribution in [2.75, 3.05) is 19.5 Å². The normalized spacial score (nSPS) is 10.3. The summed E-state index contributed by atoms with van der Waals surface area (Å²) in [6.07, 6.45) is 4.15. The van der Waals surface area contributed by atoms with E-state index in [2.05, 4.69) is 15.9 Å². The SMILES string of the molecule is COc1cc(COC(=O)CCCCCCBr)c([N+](=O)[O-])cc1OC. The van der Waals surface area contributed by atoms with Crippen LogP contribution in [0.1, 0.15) is 37.7 Å². The lowest BCUT2D eigenvalue weighted by Gasteiger charge is -2.11. The van der Waals surface area contributed by atoms with Crippen LogP contribution in [-0.4, -0.2) is 30.4 Å². The Morgan fingerprint density at radius 1 is 1.12 bits per heavy atom. The van der Waals surface area contributed by atoms with Crippen molar-refractivity contribution in [2.45, 2.75) is 38.7 Å². The highest BCUT2D eigenvalue weighted by Gasteiger charge is 2.20. The van der Waals surface area contributed by atoms with E-state index in [1.807, 2.05) is 0 Å². The first-order chi connectivity index (χ1) is 11.5. The molecule has 0 amide bonds. The molecule has 0 spiro atoms.